The Kier molecular flexibility index (Phi) is 5.18. The van der Waals surface area contributed by atoms with E-state index in [1.54, 1.807) is 69.7 Å². The summed E-state index contributed by atoms with van der Waals surface area (Å²) in [5.74, 6) is -0.429. The van der Waals surface area contributed by atoms with E-state index in [-0.39, 0.29) is 11.5 Å². The highest BCUT2D eigenvalue weighted by molar-refractivity contribution is 14.2. The highest BCUT2D eigenvalue weighted by Crippen LogP contribution is 2.24. The smallest absolute Gasteiger partial charge is 0.278 e. The van der Waals surface area contributed by atoms with Crippen LogP contribution < -0.4 is 11.1 Å². The number of nitrogens with zero attached hydrogens (tertiary/aromatic N) is 2. The number of rotatable bonds is 4. The lowest BCUT2D eigenvalue weighted by Gasteiger charge is -2.09. The molecule has 1 atom stereocenters. The Morgan fingerprint density at radius 2 is 1.77 bits per heavy atom. The van der Waals surface area contributed by atoms with Crippen LogP contribution in [0.4, 0.5) is 11.5 Å². The maximum atomic E-state index is 12.4. The van der Waals surface area contributed by atoms with Crippen LogP contribution in [-0.2, 0) is 6.90 Å². The second-order valence-corrected chi connectivity index (χ2v) is 10.5. The molecule has 0 aliphatic heterocycles. The number of nitrogens with one attached hydrogen (secondary N) is 2. The van der Waals surface area contributed by atoms with Crippen LogP contribution in [0.1, 0.15) is 10.5 Å². The Balaban J connectivity index is 1.91. The van der Waals surface area contributed by atoms with Crippen LogP contribution in [0.25, 0.3) is 11.3 Å². The van der Waals surface area contributed by atoms with Crippen LogP contribution in [-0.4, -0.2) is 20.1 Å². The zero-order valence-corrected chi connectivity index (χ0v) is 16.3. The number of anilines is 2. The normalized spacial score (nSPS) is 13.0. The van der Waals surface area contributed by atoms with Gasteiger partial charge < -0.3 is 11.1 Å². The first-order chi connectivity index (χ1) is 12.3. The number of carbonyl (C=O) groups is 1. The van der Waals surface area contributed by atoms with Gasteiger partial charge in [0.2, 0.25) is 0 Å². The molecular formula is C17H14IN5O2S. The molecular weight excluding hydrogens is 465 g/mol. The van der Waals surface area contributed by atoms with Crippen molar-refractivity contribution in [3.8, 4) is 11.3 Å². The fraction of sp³-hybridized carbons (Fsp3) is 0. The average molecular weight is 479 g/mol. The molecule has 3 aromatic rings. The van der Waals surface area contributed by atoms with E-state index in [2.05, 4.69) is 15.3 Å². The van der Waals surface area contributed by atoms with Gasteiger partial charge in [0, 0.05) is 32.5 Å². The van der Waals surface area contributed by atoms with Crippen LogP contribution in [0.2, 0.25) is 0 Å². The topological polar surface area (TPSA) is 122 Å². The molecule has 0 aliphatic rings. The molecule has 4 N–H and O–H groups in total. The van der Waals surface area contributed by atoms with Crippen molar-refractivity contribution in [1.82, 2.24) is 9.97 Å². The Labute approximate surface area is 162 Å². The van der Waals surface area contributed by atoms with Crippen molar-refractivity contribution < 1.29 is 9.00 Å². The summed E-state index contributed by atoms with van der Waals surface area (Å²) in [6, 6.07) is 15.5. The van der Waals surface area contributed by atoms with Gasteiger partial charge in [-0.3, -0.25) is 4.79 Å². The molecule has 0 bridgehead atoms. The minimum atomic E-state index is -2.81. The molecule has 26 heavy (non-hydrogen) atoms. The van der Waals surface area contributed by atoms with E-state index in [9.17, 15) is 9.00 Å². The lowest BCUT2D eigenvalue weighted by molar-refractivity contribution is 0.102. The van der Waals surface area contributed by atoms with Crippen LogP contribution in [0, 0.1) is 4.78 Å². The lowest BCUT2D eigenvalue weighted by Crippen LogP contribution is -2.17. The number of hydrogen-bond donors (Lipinski definition) is 3. The lowest BCUT2D eigenvalue weighted by atomic mass is 10.1. The maximum Gasteiger partial charge on any atom is 0.278 e. The van der Waals surface area contributed by atoms with Crippen molar-refractivity contribution in [3.05, 3.63) is 66.5 Å². The number of benzene rings is 2. The number of para-hydroxylation sites is 1. The summed E-state index contributed by atoms with van der Waals surface area (Å²) in [5, 5.41) is 2.72. The Bertz CT molecular complexity index is 1050. The second kappa shape index (κ2) is 7.38. The summed E-state index contributed by atoms with van der Waals surface area (Å²) in [4.78, 5) is 21.2. The third-order valence-corrected chi connectivity index (χ3v) is 5.90. The Hall–Kier alpha value is -2.53. The van der Waals surface area contributed by atoms with Crippen molar-refractivity contribution in [3.63, 3.8) is 0 Å². The monoisotopic (exact) mass is 479 g/mol. The van der Waals surface area contributed by atoms with Gasteiger partial charge in [-0.1, -0.05) is 30.3 Å². The Morgan fingerprint density at radius 3 is 2.38 bits per heavy atom. The fourth-order valence-electron chi connectivity index (χ4n) is 2.22. The Morgan fingerprint density at radius 1 is 1.12 bits per heavy atom. The predicted molar refractivity (Wildman–Crippen MR) is 109 cm³/mol. The van der Waals surface area contributed by atoms with Crippen LogP contribution in [0.3, 0.4) is 0 Å². The molecule has 0 aliphatic carbocycles. The van der Waals surface area contributed by atoms with Gasteiger partial charge in [0.05, 0.1) is 16.8 Å². The predicted octanol–water partition coefficient (Wildman–Crippen LogP) is 3.73. The number of hydrogen-bond acceptors (Lipinski definition) is 6. The molecule has 1 amide bonds. The van der Waals surface area contributed by atoms with E-state index < -0.39 is 12.8 Å². The molecule has 132 valence electrons. The van der Waals surface area contributed by atoms with E-state index >= 15 is 0 Å². The van der Waals surface area contributed by atoms with Gasteiger partial charge in [0.25, 0.3) is 5.91 Å². The van der Waals surface area contributed by atoms with Crippen molar-refractivity contribution in [2.24, 2.45) is 0 Å². The maximum absolute atomic E-state index is 12.4. The summed E-state index contributed by atoms with van der Waals surface area (Å²) in [6.45, 7) is -2.81. The van der Waals surface area contributed by atoms with E-state index in [1.807, 2.05) is 6.07 Å². The minimum absolute atomic E-state index is 0.0219. The molecule has 1 aromatic heterocycles. The largest absolute Gasteiger partial charge is 0.382 e. The van der Waals surface area contributed by atoms with Crippen LogP contribution in [0.5, 0.6) is 0 Å². The van der Waals surface area contributed by atoms with Gasteiger partial charge in [0.15, 0.2) is 11.5 Å². The highest BCUT2D eigenvalue weighted by atomic mass is 127. The van der Waals surface area contributed by atoms with Gasteiger partial charge >= 0.3 is 0 Å². The first kappa shape index (κ1) is 18.3. The second-order valence-electron chi connectivity index (χ2n) is 5.32. The SMILES string of the molecule is N=[S@@](=O)(I)c1ccc(-c2cnc(N)c(C(=O)Nc3ccccc3)n2)cc1. The quantitative estimate of drug-likeness (QED) is 0.389. The number of aromatic nitrogens is 2. The van der Waals surface area contributed by atoms with Crippen LogP contribution >= 0.6 is 21.2 Å². The summed E-state index contributed by atoms with van der Waals surface area (Å²) < 4.78 is 19.3. The van der Waals surface area contributed by atoms with E-state index in [1.165, 1.54) is 6.20 Å². The van der Waals surface area contributed by atoms with Crippen molar-refractivity contribution in [1.29, 1.82) is 4.78 Å². The van der Waals surface area contributed by atoms with E-state index in [4.69, 9.17) is 10.5 Å². The van der Waals surface area contributed by atoms with Gasteiger partial charge in [-0.2, -0.15) is 0 Å². The van der Waals surface area contributed by atoms with Crippen molar-refractivity contribution in [2.75, 3.05) is 11.1 Å². The fourth-order valence-corrected chi connectivity index (χ4v) is 3.58. The highest BCUT2D eigenvalue weighted by Gasteiger charge is 2.15. The number of nitrogen functional groups attached to an aromatic ring is 1. The zero-order valence-electron chi connectivity index (χ0n) is 13.3. The zero-order chi connectivity index (χ0) is 18.7. The van der Waals surface area contributed by atoms with Gasteiger partial charge in [-0.15, -0.1) is 0 Å². The van der Waals surface area contributed by atoms with Gasteiger partial charge in [-0.05, 0) is 24.3 Å². The summed E-state index contributed by atoms with van der Waals surface area (Å²) in [5.41, 5.74) is 7.58. The molecule has 2 aromatic carbocycles. The molecule has 3 rings (SSSR count). The molecule has 0 unspecified atom stereocenters. The molecule has 0 saturated carbocycles. The molecule has 0 spiro atoms. The van der Waals surface area contributed by atoms with Crippen molar-refractivity contribution in [2.45, 2.75) is 4.90 Å². The van der Waals surface area contributed by atoms with Gasteiger partial charge in [0.1, 0.15) is 6.90 Å². The van der Waals surface area contributed by atoms with Crippen LogP contribution in [0.15, 0.2) is 65.7 Å². The van der Waals surface area contributed by atoms with E-state index in [0.717, 1.165) is 0 Å². The molecule has 0 saturated heterocycles. The van der Waals surface area contributed by atoms with E-state index in [0.29, 0.717) is 21.8 Å². The third-order valence-electron chi connectivity index (χ3n) is 3.50. The third kappa shape index (κ3) is 4.17. The molecule has 0 radical (unpaired) electrons. The minimum Gasteiger partial charge on any atom is -0.382 e. The number of nitrogens with two attached hydrogens (primary N) is 1. The number of amides is 1. The van der Waals surface area contributed by atoms with Crippen molar-refractivity contribution >= 4 is 45.5 Å². The number of carbonyl (C=O) groups excluding carboxylic acids is 1. The first-order valence-electron chi connectivity index (χ1n) is 7.42. The van der Waals surface area contributed by atoms with Gasteiger partial charge in [-0.25, -0.2) is 19.0 Å². The summed E-state index contributed by atoms with van der Waals surface area (Å²) >= 11 is 1.59. The molecule has 0 fully saturated rings. The summed E-state index contributed by atoms with van der Waals surface area (Å²) in [6.07, 6.45) is 1.46. The first-order valence-corrected chi connectivity index (χ1v) is 11.5. The molecule has 9 heteroatoms. The molecule has 7 nitrogen and oxygen atoms in total. The summed E-state index contributed by atoms with van der Waals surface area (Å²) in [7, 11) is 0. The number of halogens is 1. The molecule has 1 heterocycles. The average Bonchev–Trinajstić information content (AvgIpc) is 2.62. The standard InChI is InChI=1S/C17H14IN5O2S/c18-26(20,25)13-8-6-11(7-9-13)14-10-21-16(19)15(23-14)17(24)22-12-4-2-1-3-5-12/h1-10,20H,(H2,19,21)(H,22,24)/t26-/m0/s1.